The van der Waals surface area contributed by atoms with Crippen molar-refractivity contribution in [2.45, 2.75) is 32.9 Å². The fourth-order valence-electron chi connectivity index (χ4n) is 1.91. The van der Waals surface area contributed by atoms with Crippen LogP contribution in [0.2, 0.25) is 0 Å². The summed E-state index contributed by atoms with van der Waals surface area (Å²) >= 11 is 0. The highest BCUT2D eigenvalue weighted by Gasteiger charge is 2.16. The molecule has 0 amide bonds. The zero-order chi connectivity index (χ0) is 16.2. The summed E-state index contributed by atoms with van der Waals surface area (Å²) in [4.78, 5) is 3.60. The third kappa shape index (κ3) is 5.98. The van der Waals surface area contributed by atoms with Crippen molar-refractivity contribution in [1.82, 2.24) is 10.2 Å². The van der Waals surface area contributed by atoms with Gasteiger partial charge in [0.15, 0.2) is 0 Å². The van der Waals surface area contributed by atoms with E-state index in [1.54, 1.807) is 11.9 Å². The smallest absolute Gasteiger partial charge is 0.149 e. The van der Waals surface area contributed by atoms with Crippen LogP contribution in [0, 0.1) is 11.6 Å². The average molecular weight is 299 g/mol. The minimum absolute atomic E-state index is 0.0383. The Morgan fingerprint density at radius 2 is 1.52 bits per heavy atom. The van der Waals surface area contributed by atoms with Gasteiger partial charge in [0.25, 0.3) is 0 Å². The Morgan fingerprint density at radius 3 is 1.95 bits per heavy atom. The molecule has 0 fully saturated rings. The highest BCUT2D eigenvalue weighted by atomic mass is 19.1. The number of rotatable bonds is 6. The van der Waals surface area contributed by atoms with Gasteiger partial charge in [0, 0.05) is 32.2 Å². The fraction of sp³-hybridized carbons (Fsp3) is 0.625. The lowest BCUT2D eigenvalue weighted by Crippen LogP contribution is -2.35. The van der Waals surface area contributed by atoms with Crippen molar-refractivity contribution in [3.63, 3.8) is 0 Å². The molecule has 0 atom stereocenters. The molecular formula is C16H27F2N3. The van der Waals surface area contributed by atoms with E-state index in [2.05, 4.69) is 5.32 Å². The molecule has 0 aromatic heterocycles. The second kappa shape index (κ2) is 7.18. The lowest BCUT2D eigenvalue weighted by atomic mass is 10.1. The Labute approximate surface area is 126 Å². The van der Waals surface area contributed by atoms with Crippen LogP contribution in [-0.2, 0) is 6.54 Å². The summed E-state index contributed by atoms with van der Waals surface area (Å²) in [5.41, 5.74) is 0.565. The van der Waals surface area contributed by atoms with Crippen LogP contribution < -0.4 is 10.2 Å². The standard InChI is InChI=1S/C16H27F2N3/c1-16(2,3)19-11-12-9-13(17)15(14(18)10-12)21(6)8-7-20(4)5/h9-10,19H,7-8,11H2,1-6H3. The summed E-state index contributed by atoms with van der Waals surface area (Å²) in [6.45, 7) is 7.80. The van der Waals surface area contributed by atoms with E-state index in [0.29, 0.717) is 18.7 Å². The van der Waals surface area contributed by atoms with Gasteiger partial charge in [0.1, 0.15) is 17.3 Å². The molecule has 0 unspecified atom stereocenters. The SMILES string of the molecule is CN(C)CCN(C)c1c(F)cc(CNC(C)(C)C)cc1F. The Balaban J connectivity index is 2.84. The quantitative estimate of drug-likeness (QED) is 0.871. The van der Waals surface area contributed by atoms with E-state index >= 15 is 0 Å². The van der Waals surface area contributed by atoms with Crippen LogP contribution in [0.25, 0.3) is 0 Å². The zero-order valence-electron chi connectivity index (χ0n) is 13.9. The first-order valence-corrected chi connectivity index (χ1v) is 7.19. The number of nitrogens with one attached hydrogen (secondary N) is 1. The first-order chi connectivity index (χ1) is 9.60. The van der Waals surface area contributed by atoms with Crippen molar-refractivity contribution in [2.24, 2.45) is 0 Å². The molecular weight excluding hydrogens is 272 g/mol. The highest BCUT2D eigenvalue weighted by Crippen LogP contribution is 2.24. The third-order valence-electron chi connectivity index (χ3n) is 3.16. The van der Waals surface area contributed by atoms with Crippen molar-refractivity contribution >= 4 is 5.69 Å². The van der Waals surface area contributed by atoms with Gasteiger partial charge in [0.2, 0.25) is 0 Å². The number of likely N-dealkylation sites (N-methyl/N-ethyl adjacent to an activating group) is 2. The fourth-order valence-corrected chi connectivity index (χ4v) is 1.91. The largest absolute Gasteiger partial charge is 0.369 e. The zero-order valence-corrected chi connectivity index (χ0v) is 13.9. The molecule has 0 saturated carbocycles. The molecule has 1 aromatic rings. The number of hydrogen-bond acceptors (Lipinski definition) is 3. The van der Waals surface area contributed by atoms with E-state index < -0.39 is 11.6 Å². The summed E-state index contributed by atoms with van der Waals surface area (Å²) in [7, 11) is 5.57. The molecule has 0 spiro atoms. The van der Waals surface area contributed by atoms with E-state index in [-0.39, 0.29) is 11.2 Å². The summed E-state index contributed by atoms with van der Waals surface area (Å²) in [5.74, 6) is -1.02. The maximum Gasteiger partial charge on any atom is 0.149 e. The lowest BCUT2D eigenvalue weighted by Gasteiger charge is -2.24. The molecule has 0 heterocycles. The van der Waals surface area contributed by atoms with Crippen LogP contribution in [0.3, 0.4) is 0 Å². The first-order valence-electron chi connectivity index (χ1n) is 7.19. The summed E-state index contributed by atoms with van der Waals surface area (Å²) < 4.78 is 28.4. The van der Waals surface area contributed by atoms with Crippen LogP contribution in [0.4, 0.5) is 14.5 Å². The number of hydrogen-bond donors (Lipinski definition) is 1. The van der Waals surface area contributed by atoms with Crippen LogP contribution in [0.5, 0.6) is 0 Å². The Kier molecular flexibility index (Phi) is 6.10. The minimum atomic E-state index is -0.512. The summed E-state index contributed by atoms with van der Waals surface area (Å²) in [5, 5.41) is 3.23. The van der Waals surface area contributed by atoms with Gasteiger partial charge < -0.3 is 15.1 Å². The van der Waals surface area contributed by atoms with E-state index in [9.17, 15) is 8.78 Å². The van der Waals surface area contributed by atoms with Crippen LogP contribution in [0.15, 0.2) is 12.1 Å². The predicted octanol–water partition coefficient (Wildman–Crippen LogP) is 2.85. The van der Waals surface area contributed by atoms with Crippen molar-refractivity contribution in [2.75, 3.05) is 39.1 Å². The van der Waals surface area contributed by atoms with E-state index in [1.807, 2.05) is 39.8 Å². The van der Waals surface area contributed by atoms with Gasteiger partial charge >= 0.3 is 0 Å². The summed E-state index contributed by atoms with van der Waals surface area (Å²) in [6, 6.07) is 2.81. The topological polar surface area (TPSA) is 18.5 Å². The van der Waals surface area contributed by atoms with Crippen LogP contribution in [0.1, 0.15) is 26.3 Å². The second-order valence-corrected chi connectivity index (χ2v) is 6.74. The molecule has 0 aliphatic heterocycles. The van der Waals surface area contributed by atoms with Gasteiger partial charge in [-0.05, 0) is 52.6 Å². The Hall–Kier alpha value is -1.20. The molecule has 0 aliphatic rings. The Morgan fingerprint density at radius 1 is 1.00 bits per heavy atom. The van der Waals surface area contributed by atoms with Crippen molar-refractivity contribution < 1.29 is 8.78 Å². The van der Waals surface area contributed by atoms with Gasteiger partial charge in [0.05, 0.1) is 0 Å². The van der Waals surface area contributed by atoms with Gasteiger partial charge in [-0.3, -0.25) is 0 Å². The molecule has 5 heteroatoms. The Bertz CT molecular complexity index is 444. The maximum atomic E-state index is 14.2. The van der Waals surface area contributed by atoms with E-state index in [1.165, 1.54) is 12.1 Å². The van der Waals surface area contributed by atoms with Gasteiger partial charge in [-0.1, -0.05) is 0 Å². The number of benzene rings is 1. The highest BCUT2D eigenvalue weighted by molar-refractivity contribution is 5.50. The van der Waals surface area contributed by atoms with Crippen LogP contribution in [-0.4, -0.2) is 44.7 Å². The predicted molar refractivity (Wildman–Crippen MR) is 84.8 cm³/mol. The average Bonchev–Trinajstić information content (AvgIpc) is 2.32. The molecule has 120 valence electrons. The molecule has 0 radical (unpaired) electrons. The van der Waals surface area contributed by atoms with Crippen molar-refractivity contribution in [3.8, 4) is 0 Å². The van der Waals surface area contributed by atoms with Crippen molar-refractivity contribution in [3.05, 3.63) is 29.3 Å². The first kappa shape index (κ1) is 17.9. The molecule has 1 N–H and O–H groups in total. The van der Waals surface area contributed by atoms with Crippen molar-refractivity contribution in [1.29, 1.82) is 0 Å². The van der Waals surface area contributed by atoms with Gasteiger partial charge in [-0.15, -0.1) is 0 Å². The molecule has 0 bridgehead atoms. The number of nitrogens with zero attached hydrogens (tertiary/aromatic N) is 2. The molecule has 3 nitrogen and oxygen atoms in total. The molecule has 21 heavy (non-hydrogen) atoms. The normalized spacial score (nSPS) is 12.0. The molecule has 0 saturated heterocycles. The van der Waals surface area contributed by atoms with Gasteiger partial charge in [-0.2, -0.15) is 0 Å². The third-order valence-corrected chi connectivity index (χ3v) is 3.16. The van der Waals surface area contributed by atoms with Crippen LogP contribution >= 0.6 is 0 Å². The molecule has 0 aliphatic carbocycles. The number of halogens is 2. The van der Waals surface area contributed by atoms with Gasteiger partial charge in [-0.25, -0.2) is 8.78 Å². The molecule has 1 rings (SSSR count). The lowest BCUT2D eigenvalue weighted by molar-refractivity contribution is 0.414. The maximum absolute atomic E-state index is 14.2. The minimum Gasteiger partial charge on any atom is -0.369 e. The summed E-state index contributed by atoms with van der Waals surface area (Å²) in [6.07, 6.45) is 0. The molecule has 1 aromatic carbocycles. The monoisotopic (exact) mass is 299 g/mol. The second-order valence-electron chi connectivity index (χ2n) is 6.74. The number of anilines is 1. The van der Waals surface area contributed by atoms with E-state index in [4.69, 9.17) is 0 Å². The van der Waals surface area contributed by atoms with E-state index in [0.717, 1.165) is 6.54 Å².